The second-order valence-electron chi connectivity index (χ2n) is 10.8. The first kappa shape index (κ1) is 27.9. The zero-order valence-electron chi connectivity index (χ0n) is 20.9. The maximum atomic E-state index is 13.6. The molecule has 5 rings (SSSR count). The summed E-state index contributed by atoms with van der Waals surface area (Å²) in [4.78, 5) is 21.5. The molecule has 214 valence electrons. The highest BCUT2D eigenvalue weighted by Gasteiger charge is 2.45. The third-order valence-electron chi connectivity index (χ3n) is 7.95. The van der Waals surface area contributed by atoms with Crippen LogP contribution in [0, 0.1) is 17.8 Å². The van der Waals surface area contributed by atoms with E-state index in [4.69, 9.17) is 5.73 Å². The average molecular weight is 577 g/mol. The van der Waals surface area contributed by atoms with Gasteiger partial charge in [-0.2, -0.15) is 18.3 Å². The molecule has 2 aromatic rings. The summed E-state index contributed by atoms with van der Waals surface area (Å²) in [5, 5.41) is 6.87. The lowest BCUT2D eigenvalue weighted by molar-refractivity contribution is -0.183. The summed E-state index contributed by atoms with van der Waals surface area (Å²) in [6, 6.07) is -0.646. The summed E-state index contributed by atoms with van der Waals surface area (Å²) in [7, 11) is -3.27. The van der Waals surface area contributed by atoms with Gasteiger partial charge in [0.25, 0.3) is 5.78 Å². The number of hydrogen-bond donors (Lipinski definition) is 2. The number of allylic oxidation sites excluding steroid dienone is 1. The third-order valence-corrected chi connectivity index (χ3v) is 9.45. The van der Waals surface area contributed by atoms with Crippen molar-refractivity contribution in [3.63, 3.8) is 0 Å². The summed E-state index contributed by atoms with van der Waals surface area (Å²) in [5.41, 5.74) is 7.85. The van der Waals surface area contributed by atoms with Gasteiger partial charge in [-0.15, -0.1) is 0 Å². The highest BCUT2D eigenvalue weighted by atomic mass is 32.2. The number of nitrogens with one attached hydrogen (secondary N) is 1. The fourth-order valence-electron chi connectivity index (χ4n) is 5.54. The van der Waals surface area contributed by atoms with Crippen LogP contribution in [0.25, 0.3) is 11.4 Å². The number of imidazole rings is 1. The summed E-state index contributed by atoms with van der Waals surface area (Å²) >= 11 is 0. The number of hydrogen-bond acceptors (Lipinski definition) is 7. The van der Waals surface area contributed by atoms with Crippen LogP contribution in [-0.4, -0.2) is 64.1 Å². The van der Waals surface area contributed by atoms with E-state index in [1.807, 2.05) is 0 Å². The molecule has 4 heterocycles. The number of rotatable bonds is 5. The van der Waals surface area contributed by atoms with Gasteiger partial charge < -0.3 is 11.1 Å². The number of amides is 1. The molecule has 2 aromatic heterocycles. The Labute approximate surface area is 221 Å². The molecule has 1 amide bonds. The van der Waals surface area contributed by atoms with Crippen LogP contribution in [0.3, 0.4) is 0 Å². The molecule has 15 heteroatoms. The molecule has 9 nitrogen and oxygen atoms in total. The van der Waals surface area contributed by atoms with E-state index < -0.39 is 58.7 Å². The van der Waals surface area contributed by atoms with Gasteiger partial charge in [-0.25, -0.2) is 31.7 Å². The summed E-state index contributed by atoms with van der Waals surface area (Å²) in [5.74, 6) is -6.36. The topological polar surface area (TPSA) is 132 Å². The summed E-state index contributed by atoms with van der Waals surface area (Å²) in [6.45, 7) is -0.491. The summed E-state index contributed by atoms with van der Waals surface area (Å²) in [6.07, 6.45) is -1.92. The van der Waals surface area contributed by atoms with Crippen LogP contribution in [0.1, 0.15) is 61.6 Å². The first-order valence-electron chi connectivity index (χ1n) is 12.8. The van der Waals surface area contributed by atoms with Crippen molar-refractivity contribution >= 4 is 27.1 Å². The lowest BCUT2D eigenvalue weighted by Gasteiger charge is -2.31. The molecule has 1 aliphatic carbocycles. The van der Waals surface area contributed by atoms with E-state index in [2.05, 4.69) is 20.4 Å². The molecule has 3 aliphatic rings. The van der Waals surface area contributed by atoms with E-state index in [1.54, 1.807) is 0 Å². The van der Waals surface area contributed by atoms with Crippen LogP contribution in [0.5, 0.6) is 0 Å². The van der Waals surface area contributed by atoms with Crippen LogP contribution in [0.2, 0.25) is 0 Å². The highest BCUT2D eigenvalue weighted by molar-refractivity contribution is 7.91. The number of piperidine rings is 1. The molecule has 0 unspecified atom stereocenters. The van der Waals surface area contributed by atoms with Crippen molar-refractivity contribution in [1.82, 2.24) is 24.9 Å². The highest BCUT2D eigenvalue weighted by Crippen LogP contribution is 2.40. The van der Waals surface area contributed by atoms with Gasteiger partial charge in [0.1, 0.15) is 0 Å². The number of sulfone groups is 1. The Morgan fingerprint density at radius 2 is 1.92 bits per heavy atom. The molecule has 0 radical (unpaired) electrons. The number of nitrogens with zero attached hydrogens (tertiary/aromatic N) is 4. The lowest BCUT2D eigenvalue weighted by Crippen LogP contribution is -2.47. The minimum absolute atomic E-state index is 0.123. The van der Waals surface area contributed by atoms with Crippen molar-refractivity contribution in [3.8, 4) is 0 Å². The SMILES string of the molecule is N[C@H](c1cn2nc(C[C@H]3C[C@@H](C(F)(F)F)CNC3=O)c(C3=CCS(=O)(=O)CC3)nc2n1)C1CCC(F)(F)CC1. The van der Waals surface area contributed by atoms with Crippen molar-refractivity contribution in [2.24, 2.45) is 23.5 Å². The van der Waals surface area contributed by atoms with E-state index in [0.717, 1.165) is 0 Å². The van der Waals surface area contributed by atoms with Gasteiger partial charge in [0, 0.05) is 31.7 Å². The first-order chi connectivity index (χ1) is 18.2. The molecule has 3 atom stereocenters. The second-order valence-corrected chi connectivity index (χ2v) is 13.0. The van der Waals surface area contributed by atoms with E-state index in [9.17, 15) is 35.2 Å². The Kier molecular flexibility index (Phi) is 7.19. The van der Waals surface area contributed by atoms with Gasteiger partial charge in [0.2, 0.25) is 11.8 Å². The lowest BCUT2D eigenvalue weighted by atomic mass is 9.81. The molecule has 39 heavy (non-hydrogen) atoms. The van der Waals surface area contributed by atoms with Gasteiger partial charge in [-0.3, -0.25) is 4.79 Å². The fourth-order valence-corrected chi connectivity index (χ4v) is 6.70. The molecule has 0 spiro atoms. The maximum Gasteiger partial charge on any atom is 0.393 e. The normalized spacial score (nSPS) is 26.7. The molecular formula is C24H29F5N6O3S. The number of carbonyl (C=O) groups excluding carboxylic acids is 1. The Balaban J connectivity index is 1.48. The second kappa shape index (κ2) is 10.1. The van der Waals surface area contributed by atoms with Crippen molar-refractivity contribution in [1.29, 1.82) is 0 Å². The molecule has 2 aliphatic heterocycles. The Morgan fingerprint density at radius 1 is 1.21 bits per heavy atom. The van der Waals surface area contributed by atoms with Crippen LogP contribution in [-0.2, 0) is 21.1 Å². The number of carbonyl (C=O) groups is 1. The molecule has 0 bridgehead atoms. The van der Waals surface area contributed by atoms with E-state index in [1.165, 1.54) is 16.8 Å². The third kappa shape index (κ3) is 6.08. The number of fused-ring (bicyclic) bond motifs is 1. The number of alkyl halides is 5. The predicted octanol–water partition coefficient (Wildman–Crippen LogP) is 3.01. The van der Waals surface area contributed by atoms with E-state index in [0.29, 0.717) is 11.3 Å². The molecule has 0 aromatic carbocycles. The minimum atomic E-state index is -4.47. The Hall–Kier alpha value is -2.68. The Morgan fingerprint density at radius 3 is 2.56 bits per heavy atom. The fraction of sp³-hybridized carbons (Fsp3) is 0.667. The standard InChI is InChI=1S/C24H29F5N6O3S/c25-23(26)5-1-13(2-6-23)19(30)18-12-35-22(32-18)33-20(14-3-7-39(37,38)8-4-14)17(34-35)10-15-9-16(24(27,28)29)11-31-21(15)36/h3,12-13,15-16,19H,1-2,4-11,30H2,(H,31,36)/t15-,16-,19+/m1/s1. The van der Waals surface area contributed by atoms with Crippen molar-refractivity contribution in [2.75, 3.05) is 18.1 Å². The minimum Gasteiger partial charge on any atom is -0.355 e. The van der Waals surface area contributed by atoms with Gasteiger partial charge in [-0.1, -0.05) is 6.08 Å². The largest absolute Gasteiger partial charge is 0.393 e. The van der Waals surface area contributed by atoms with Crippen LogP contribution in [0.15, 0.2) is 12.3 Å². The van der Waals surface area contributed by atoms with Crippen LogP contribution >= 0.6 is 0 Å². The quantitative estimate of drug-likeness (QED) is 0.523. The smallest absolute Gasteiger partial charge is 0.355 e. The van der Waals surface area contributed by atoms with Gasteiger partial charge in [0.15, 0.2) is 9.84 Å². The van der Waals surface area contributed by atoms with Gasteiger partial charge in [0.05, 0.1) is 46.7 Å². The van der Waals surface area contributed by atoms with Crippen LogP contribution in [0.4, 0.5) is 22.0 Å². The molecular weight excluding hydrogens is 547 g/mol. The summed E-state index contributed by atoms with van der Waals surface area (Å²) < 4.78 is 92.7. The maximum absolute atomic E-state index is 13.6. The zero-order valence-corrected chi connectivity index (χ0v) is 21.7. The van der Waals surface area contributed by atoms with Crippen molar-refractivity contribution in [3.05, 3.63) is 29.4 Å². The number of nitrogens with two attached hydrogens (primary N) is 1. The number of halogens is 5. The van der Waals surface area contributed by atoms with E-state index >= 15 is 0 Å². The predicted molar refractivity (Wildman–Crippen MR) is 130 cm³/mol. The number of aromatic nitrogens is 4. The molecule has 2 fully saturated rings. The van der Waals surface area contributed by atoms with E-state index in [-0.39, 0.29) is 73.1 Å². The monoisotopic (exact) mass is 576 g/mol. The molecule has 1 saturated carbocycles. The zero-order chi connectivity index (χ0) is 28.2. The van der Waals surface area contributed by atoms with Gasteiger partial charge >= 0.3 is 6.18 Å². The molecule has 3 N–H and O–H groups in total. The Bertz CT molecular complexity index is 1400. The van der Waals surface area contributed by atoms with Gasteiger partial charge in [-0.05, 0) is 37.2 Å². The first-order valence-corrected chi connectivity index (χ1v) is 14.7. The molecule has 1 saturated heterocycles. The van der Waals surface area contributed by atoms with Crippen molar-refractivity contribution in [2.45, 2.75) is 63.1 Å². The van der Waals surface area contributed by atoms with Crippen molar-refractivity contribution < 1.29 is 35.2 Å². The van der Waals surface area contributed by atoms with Crippen LogP contribution < -0.4 is 11.1 Å². The average Bonchev–Trinajstić information content (AvgIpc) is 3.27.